The normalized spacial score (nSPS) is 54.5. The minimum atomic E-state index is -2.44. The van der Waals surface area contributed by atoms with Gasteiger partial charge in [-0.15, -0.1) is 0 Å². The van der Waals surface area contributed by atoms with Gasteiger partial charge in [-0.25, -0.2) is 0 Å². The largest absolute Gasteiger partial charge is 0.493 e. The van der Waals surface area contributed by atoms with Crippen molar-refractivity contribution < 1.29 is 22.8 Å². The summed E-state index contributed by atoms with van der Waals surface area (Å²) in [6, 6.07) is -2.76. The molecule has 2 aliphatic carbocycles. The van der Waals surface area contributed by atoms with Crippen molar-refractivity contribution in [3.63, 3.8) is 0 Å². The number of hydrogen-bond acceptors (Lipinski definition) is 4. The highest BCUT2D eigenvalue weighted by atomic mass is 16.5. The third-order valence-corrected chi connectivity index (χ3v) is 5.32. The molecule has 1 N–H and O–H groups in total. The number of likely N-dealkylation sites (tertiary alicyclic amines) is 1. The molecule has 1 saturated heterocycles. The van der Waals surface area contributed by atoms with E-state index in [1.165, 1.54) is 24.2 Å². The SMILES string of the molecule is [2H]OC1C=C[C@]2([2H])[C@@]34CCN(C)[C@]2([2H])C([2H])([2H])c2c([2H])c([2H])c(OC)c(c23)OC14. The van der Waals surface area contributed by atoms with Gasteiger partial charge in [-0.2, -0.15) is 0 Å². The van der Waals surface area contributed by atoms with E-state index in [-0.39, 0.29) is 29.1 Å². The van der Waals surface area contributed by atoms with Gasteiger partial charge >= 0.3 is 0 Å². The lowest BCUT2D eigenvalue weighted by atomic mass is 9.53. The first-order chi connectivity index (χ1) is 13.5. The smallest absolute Gasteiger partial charge is 0.211 e. The Balaban J connectivity index is 2.01. The first kappa shape index (κ1) is 7.84. The summed E-state index contributed by atoms with van der Waals surface area (Å²) in [6.07, 6.45) is -0.810. The fourth-order valence-corrected chi connectivity index (χ4v) is 4.32. The maximum Gasteiger partial charge on any atom is 0.211 e. The van der Waals surface area contributed by atoms with E-state index in [0.717, 1.165) is 0 Å². The molecule has 1 spiro atoms. The molecule has 1 aromatic rings. The molecule has 0 saturated carbocycles. The molecular formula is C18H21NO3. The number of likely N-dealkylation sites (N-methyl/N-ethyl adjacent to an activating group) is 1. The van der Waals surface area contributed by atoms with Gasteiger partial charge in [0.25, 0.3) is 0 Å². The van der Waals surface area contributed by atoms with Crippen LogP contribution in [0.4, 0.5) is 0 Å². The summed E-state index contributed by atoms with van der Waals surface area (Å²) in [5.74, 6) is -1.63. The van der Waals surface area contributed by atoms with Crippen LogP contribution in [0.25, 0.3) is 0 Å². The summed E-state index contributed by atoms with van der Waals surface area (Å²) in [6.45, 7) is 0.333. The molecular weight excluding hydrogens is 278 g/mol. The van der Waals surface area contributed by atoms with Crippen LogP contribution in [0.3, 0.4) is 0 Å². The second-order valence-electron chi connectivity index (χ2n) is 6.25. The van der Waals surface area contributed by atoms with Crippen LogP contribution in [0.2, 0.25) is 0 Å². The van der Waals surface area contributed by atoms with Crippen molar-refractivity contribution in [2.24, 2.45) is 5.89 Å². The van der Waals surface area contributed by atoms with Crippen molar-refractivity contribution in [3.8, 4) is 11.5 Å². The third kappa shape index (κ3) is 1.28. The molecule has 2 unspecified atom stereocenters. The van der Waals surface area contributed by atoms with E-state index in [1.807, 2.05) is 0 Å². The number of nitrogens with zero attached hydrogens (tertiary/aromatic N) is 1. The van der Waals surface area contributed by atoms with Gasteiger partial charge in [0.2, 0.25) is 1.43 Å². The molecule has 2 aliphatic heterocycles. The van der Waals surface area contributed by atoms with E-state index >= 15 is 0 Å². The number of ether oxygens (including phenoxy) is 2. The minimum Gasteiger partial charge on any atom is -0.493 e. The second kappa shape index (κ2) is 4.06. The van der Waals surface area contributed by atoms with Gasteiger partial charge < -0.3 is 19.5 Å². The molecule has 1 fully saturated rings. The van der Waals surface area contributed by atoms with E-state index in [9.17, 15) is 2.74 Å². The van der Waals surface area contributed by atoms with Crippen LogP contribution in [-0.4, -0.2) is 50.4 Å². The van der Waals surface area contributed by atoms with Gasteiger partial charge in [-0.1, -0.05) is 18.2 Å². The number of benzene rings is 1. The van der Waals surface area contributed by atoms with Crippen LogP contribution >= 0.6 is 0 Å². The maximum absolute atomic E-state index is 9.48. The summed E-state index contributed by atoms with van der Waals surface area (Å²) in [5.41, 5.74) is -0.971. The Morgan fingerprint density at radius 3 is 3.32 bits per heavy atom. The molecule has 4 heteroatoms. The first-order valence-corrected chi connectivity index (χ1v) is 7.46. The number of methoxy groups -OCH3 is 1. The topological polar surface area (TPSA) is 41.9 Å². The van der Waals surface area contributed by atoms with Gasteiger partial charge in [0.05, 0.1) is 9.85 Å². The van der Waals surface area contributed by atoms with Crippen molar-refractivity contribution in [3.05, 3.63) is 35.4 Å². The quantitative estimate of drug-likeness (QED) is 0.841. The Bertz CT molecular complexity index is 972. The highest BCUT2D eigenvalue weighted by Crippen LogP contribution is 2.62. The molecule has 2 bridgehead atoms. The Morgan fingerprint density at radius 1 is 1.59 bits per heavy atom. The summed E-state index contributed by atoms with van der Waals surface area (Å²) in [4.78, 5) is 1.52. The lowest BCUT2D eigenvalue weighted by Gasteiger charge is -2.56. The zero-order chi connectivity index (χ0) is 21.1. The average molecular weight is 306 g/mol. The molecule has 1 aromatic carbocycles. The summed E-state index contributed by atoms with van der Waals surface area (Å²) in [7, 11) is 2.96. The minimum absolute atomic E-state index is 0.0100. The monoisotopic (exact) mass is 306 g/mol. The van der Waals surface area contributed by atoms with E-state index in [2.05, 4.69) is 0 Å². The zero-order valence-electron chi connectivity index (χ0n) is 19.4. The van der Waals surface area contributed by atoms with Crippen LogP contribution in [0.1, 0.15) is 25.8 Å². The lowest BCUT2D eigenvalue weighted by Crippen LogP contribution is -2.64. The number of aliphatic hydroxyl groups is 1. The molecule has 0 radical (unpaired) electrons. The second-order valence-corrected chi connectivity index (χ2v) is 6.25. The predicted molar refractivity (Wildman–Crippen MR) is 82.5 cm³/mol. The highest BCUT2D eigenvalue weighted by molar-refractivity contribution is 5.62. The Labute approximate surface area is 140 Å². The molecule has 4 nitrogen and oxygen atoms in total. The number of rotatable bonds is 2. The Morgan fingerprint density at radius 2 is 2.50 bits per heavy atom. The average Bonchev–Trinajstić information content (AvgIpc) is 3.01. The van der Waals surface area contributed by atoms with Crippen molar-refractivity contribution in [2.75, 3.05) is 20.7 Å². The number of aliphatic hydroxyl groups excluding tert-OH is 1. The fraction of sp³-hybridized carbons (Fsp3) is 0.556. The van der Waals surface area contributed by atoms with Crippen LogP contribution < -0.4 is 9.47 Å². The van der Waals surface area contributed by atoms with Crippen LogP contribution in [0.15, 0.2) is 24.2 Å². The number of piperidine rings is 1. The standard InChI is InChI=1S/C18H21NO3/c1-19-8-7-18-11-4-5-13(20)17(18)22-16-14(21-2)6-3-10(15(16)18)9-12(11)19/h3-6,11-13,17,20H,7-9H2,1-2H3/t11-,12+,13?,17?,18-/m0/s1/i3D,6D,9D2,11D,12D,20D. The molecule has 5 atom stereocenters. The predicted octanol–water partition coefficient (Wildman–Crippen LogP) is 1.50. The molecule has 5 rings (SSSR count). The maximum atomic E-state index is 9.48. The molecule has 116 valence electrons. The van der Waals surface area contributed by atoms with Gasteiger partial charge in [0.1, 0.15) is 12.2 Å². The Kier molecular flexibility index (Phi) is 1.45. The third-order valence-electron chi connectivity index (χ3n) is 5.32. The van der Waals surface area contributed by atoms with Crippen LogP contribution in [0.5, 0.6) is 11.5 Å². The molecule has 0 aromatic heterocycles. The van der Waals surface area contributed by atoms with Crippen LogP contribution in [-0.2, 0) is 11.8 Å². The lowest BCUT2D eigenvalue weighted by molar-refractivity contribution is -0.0453. The van der Waals surface area contributed by atoms with Gasteiger partial charge in [-0.3, -0.25) is 0 Å². The van der Waals surface area contributed by atoms with Crippen LogP contribution in [0, 0.1) is 5.89 Å². The van der Waals surface area contributed by atoms with Gasteiger partial charge in [-0.05, 0) is 38.0 Å². The molecule has 22 heavy (non-hydrogen) atoms. The zero-order valence-corrected chi connectivity index (χ0v) is 12.4. The van der Waals surface area contributed by atoms with E-state index in [1.54, 1.807) is 7.05 Å². The fourth-order valence-electron chi connectivity index (χ4n) is 4.32. The Hall–Kier alpha value is -1.52. The molecule has 0 amide bonds. The van der Waals surface area contributed by atoms with E-state index < -0.39 is 35.9 Å². The van der Waals surface area contributed by atoms with Crippen molar-refractivity contribution >= 4 is 0 Å². The van der Waals surface area contributed by atoms with E-state index in [0.29, 0.717) is 18.5 Å². The van der Waals surface area contributed by atoms with Gasteiger partial charge in [0.15, 0.2) is 11.5 Å². The van der Waals surface area contributed by atoms with Crippen molar-refractivity contribution in [2.45, 2.75) is 36.4 Å². The summed E-state index contributed by atoms with van der Waals surface area (Å²) >= 11 is 0. The van der Waals surface area contributed by atoms with Crippen molar-refractivity contribution in [1.29, 1.82) is 1.43 Å². The summed E-state index contributed by atoms with van der Waals surface area (Å²) in [5, 5.41) is 4.88. The number of hydrogen-bond donors (Lipinski definition) is 1. The van der Waals surface area contributed by atoms with E-state index in [4.69, 9.17) is 21.5 Å². The highest BCUT2D eigenvalue weighted by Gasteiger charge is 2.64. The van der Waals surface area contributed by atoms with Crippen molar-refractivity contribution in [1.82, 2.24) is 4.90 Å². The first-order valence-electron chi connectivity index (χ1n) is 10.9. The summed E-state index contributed by atoms with van der Waals surface area (Å²) < 4.78 is 72.6. The van der Waals surface area contributed by atoms with Gasteiger partial charge in [0, 0.05) is 28.4 Å². The molecule has 2 heterocycles. The molecule has 4 aliphatic rings.